The van der Waals surface area contributed by atoms with Crippen molar-refractivity contribution in [3.05, 3.63) is 23.5 Å². The van der Waals surface area contributed by atoms with Crippen LogP contribution in [0.25, 0.3) is 0 Å². The molecule has 0 fully saturated rings. The molecule has 0 aliphatic rings. The van der Waals surface area contributed by atoms with E-state index in [1.807, 2.05) is 0 Å². The summed E-state index contributed by atoms with van der Waals surface area (Å²) in [5.41, 5.74) is 1.27. The number of amides is 1. The lowest BCUT2D eigenvalue weighted by molar-refractivity contribution is -0.135. The van der Waals surface area contributed by atoms with E-state index in [-0.39, 0.29) is 12.5 Å². The summed E-state index contributed by atoms with van der Waals surface area (Å²) >= 11 is 0. The molecule has 1 heterocycles. The zero-order valence-corrected chi connectivity index (χ0v) is 7.13. The van der Waals surface area contributed by atoms with Gasteiger partial charge in [0.25, 0.3) is 5.91 Å². The molecular weight excluding hydrogens is 172 g/mol. The first kappa shape index (κ1) is 9.31. The van der Waals surface area contributed by atoms with Gasteiger partial charge in [0.05, 0.1) is 5.56 Å². The summed E-state index contributed by atoms with van der Waals surface area (Å²) in [7, 11) is 0. The third-order valence-electron chi connectivity index (χ3n) is 1.60. The largest absolute Gasteiger partial charge is 0.480 e. The van der Waals surface area contributed by atoms with Gasteiger partial charge in [-0.15, -0.1) is 0 Å². The summed E-state index contributed by atoms with van der Waals surface area (Å²) in [6.07, 6.45) is 3.21. The summed E-state index contributed by atoms with van der Waals surface area (Å²) in [6.45, 7) is 1.41. The Morgan fingerprint density at radius 2 is 2.23 bits per heavy atom. The molecule has 0 saturated heterocycles. The fraction of sp³-hybridized carbons (Fsp3) is 0.250. The van der Waals surface area contributed by atoms with E-state index in [0.29, 0.717) is 5.56 Å². The lowest BCUT2D eigenvalue weighted by atomic mass is 10.2. The number of aliphatic carboxylic acids is 1. The summed E-state index contributed by atoms with van der Waals surface area (Å²) in [4.78, 5) is 24.1. The van der Waals surface area contributed by atoms with Gasteiger partial charge in [0, 0.05) is 12.4 Å². The van der Waals surface area contributed by atoms with E-state index in [9.17, 15) is 9.59 Å². The summed E-state index contributed by atoms with van der Waals surface area (Å²) in [6, 6.07) is 0. The molecule has 1 aromatic heterocycles. The first-order valence-electron chi connectivity index (χ1n) is 3.74. The van der Waals surface area contributed by atoms with Crippen molar-refractivity contribution in [2.75, 3.05) is 6.54 Å². The van der Waals surface area contributed by atoms with Gasteiger partial charge in [0.1, 0.15) is 6.54 Å². The van der Waals surface area contributed by atoms with Crippen molar-refractivity contribution >= 4 is 11.9 Å². The average molecular weight is 182 g/mol. The molecular formula is C8H10N2O3. The van der Waals surface area contributed by atoms with E-state index >= 15 is 0 Å². The second-order valence-electron chi connectivity index (χ2n) is 2.63. The summed E-state index contributed by atoms with van der Waals surface area (Å²) < 4.78 is 0. The third kappa shape index (κ3) is 2.33. The number of hydrogen-bond donors (Lipinski definition) is 3. The molecule has 0 aliphatic heterocycles. The quantitative estimate of drug-likeness (QED) is 0.621. The molecule has 0 saturated carbocycles. The van der Waals surface area contributed by atoms with Crippen LogP contribution >= 0.6 is 0 Å². The minimum atomic E-state index is -1.05. The summed E-state index contributed by atoms with van der Waals surface area (Å²) in [5.74, 6) is -1.43. The predicted molar refractivity (Wildman–Crippen MR) is 45.5 cm³/mol. The molecule has 1 aromatic rings. The predicted octanol–water partition coefficient (Wildman–Crippen LogP) is 0.138. The Morgan fingerprint density at radius 3 is 2.69 bits per heavy atom. The highest BCUT2D eigenvalue weighted by atomic mass is 16.4. The number of carboxylic acids is 1. The number of aryl methyl sites for hydroxylation is 1. The highest BCUT2D eigenvalue weighted by Gasteiger charge is 2.09. The van der Waals surface area contributed by atoms with Crippen molar-refractivity contribution in [3.63, 3.8) is 0 Å². The first-order valence-corrected chi connectivity index (χ1v) is 3.74. The third-order valence-corrected chi connectivity index (χ3v) is 1.60. The highest BCUT2D eigenvalue weighted by Crippen LogP contribution is 2.04. The van der Waals surface area contributed by atoms with Gasteiger partial charge in [-0.1, -0.05) is 0 Å². The van der Waals surface area contributed by atoms with Gasteiger partial charge in [-0.05, 0) is 12.5 Å². The maximum Gasteiger partial charge on any atom is 0.322 e. The van der Waals surface area contributed by atoms with Crippen LogP contribution in [0.5, 0.6) is 0 Å². The molecule has 0 aliphatic carbocycles. The molecule has 1 amide bonds. The van der Waals surface area contributed by atoms with E-state index < -0.39 is 5.97 Å². The van der Waals surface area contributed by atoms with Crippen LogP contribution in [0.2, 0.25) is 0 Å². The zero-order chi connectivity index (χ0) is 9.84. The number of carbonyl (C=O) groups is 2. The molecule has 5 nitrogen and oxygen atoms in total. The monoisotopic (exact) mass is 182 g/mol. The molecule has 0 atom stereocenters. The number of rotatable bonds is 3. The van der Waals surface area contributed by atoms with Crippen molar-refractivity contribution in [2.45, 2.75) is 6.92 Å². The molecule has 0 bridgehead atoms. The van der Waals surface area contributed by atoms with E-state index in [2.05, 4.69) is 10.3 Å². The smallest absolute Gasteiger partial charge is 0.322 e. The van der Waals surface area contributed by atoms with Gasteiger partial charge in [0.15, 0.2) is 0 Å². The maximum atomic E-state index is 11.2. The van der Waals surface area contributed by atoms with Crippen LogP contribution in [0.1, 0.15) is 15.9 Å². The van der Waals surface area contributed by atoms with Crippen molar-refractivity contribution < 1.29 is 14.7 Å². The number of aromatic nitrogens is 1. The van der Waals surface area contributed by atoms with E-state index in [0.717, 1.165) is 5.56 Å². The van der Waals surface area contributed by atoms with Crippen LogP contribution in [-0.4, -0.2) is 28.5 Å². The van der Waals surface area contributed by atoms with E-state index in [1.165, 1.54) is 6.20 Å². The zero-order valence-electron chi connectivity index (χ0n) is 7.13. The molecule has 70 valence electrons. The van der Waals surface area contributed by atoms with Gasteiger partial charge >= 0.3 is 5.97 Å². The van der Waals surface area contributed by atoms with Crippen LogP contribution in [0, 0.1) is 6.92 Å². The maximum absolute atomic E-state index is 11.2. The molecule has 0 unspecified atom stereocenters. The number of carboxylic acid groups (broad SMARTS) is 1. The van der Waals surface area contributed by atoms with Gasteiger partial charge in [-0.3, -0.25) is 9.59 Å². The van der Waals surface area contributed by atoms with Crippen molar-refractivity contribution in [3.8, 4) is 0 Å². The number of carbonyl (C=O) groups excluding carboxylic acids is 1. The Balaban J connectivity index is 2.59. The van der Waals surface area contributed by atoms with Gasteiger partial charge in [-0.2, -0.15) is 0 Å². The SMILES string of the molecule is Cc1c[nH]cc1C(=O)NCC(=O)O. The number of hydrogen-bond acceptors (Lipinski definition) is 2. The Morgan fingerprint density at radius 1 is 1.54 bits per heavy atom. The topological polar surface area (TPSA) is 82.2 Å². The minimum Gasteiger partial charge on any atom is -0.480 e. The Hall–Kier alpha value is -1.78. The van der Waals surface area contributed by atoms with Crippen LogP contribution in [0.4, 0.5) is 0 Å². The molecule has 1 rings (SSSR count). The van der Waals surface area contributed by atoms with E-state index in [1.54, 1.807) is 13.1 Å². The lowest BCUT2D eigenvalue weighted by Gasteiger charge is -2.00. The molecule has 13 heavy (non-hydrogen) atoms. The van der Waals surface area contributed by atoms with Gasteiger partial charge < -0.3 is 15.4 Å². The highest BCUT2D eigenvalue weighted by molar-refractivity contribution is 5.96. The second-order valence-corrected chi connectivity index (χ2v) is 2.63. The molecule has 0 spiro atoms. The number of aromatic amines is 1. The van der Waals surface area contributed by atoms with Crippen LogP contribution in [0.3, 0.4) is 0 Å². The molecule has 5 heteroatoms. The fourth-order valence-electron chi connectivity index (χ4n) is 0.937. The molecule has 0 aromatic carbocycles. The molecule has 3 N–H and O–H groups in total. The second kappa shape index (κ2) is 3.75. The van der Waals surface area contributed by atoms with Crippen molar-refractivity contribution in [1.29, 1.82) is 0 Å². The van der Waals surface area contributed by atoms with Crippen LogP contribution < -0.4 is 5.32 Å². The standard InChI is InChI=1S/C8H10N2O3/c1-5-2-9-3-6(5)8(13)10-4-7(11)12/h2-3,9H,4H2,1H3,(H,10,13)(H,11,12). The lowest BCUT2D eigenvalue weighted by Crippen LogP contribution is -2.29. The van der Waals surface area contributed by atoms with Crippen LogP contribution in [-0.2, 0) is 4.79 Å². The Kier molecular flexibility index (Phi) is 2.69. The van der Waals surface area contributed by atoms with Crippen molar-refractivity contribution in [2.24, 2.45) is 0 Å². The minimum absolute atomic E-state index is 0.358. The Labute approximate surface area is 74.8 Å². The summed E-state index contributed by atoms with van der Waals surface area (Å²) in [5, 5.41) is 10.6. The fourth-order valence-corrected chi connectivity index (χ4v) is 0.937. The van der Waals surface area contributed by atoms with E-state index in [4.69, 9.17) is 5.11 Å². The number of nitrogens with one attached hydrogen (secondary N) is 2. The Bertz CT molecular complexity index is 330. The average Bonchev–Trinajstić information content (AvgIpc) is 2.47. The van der Waals surface area contributed by atoms with Gasteiger partial charge in [-0.25, -0.2) is 0 Å². The first-order chi connectivity index (χ1) is 6.11. The number of H-pyrrole nitrogens is 1. The van der Waals surface area contributed by atoms with Crippen molar-refractivity contribution in [1.82, 2.24) is 10.3 Å². The van der Waals surface area contributed by atoms with Crippen LogP contribution in [0.15, 0.2) is 12.4 Å². The normalized spacial score (nSPS) is 9.62. The molecule has 0 radical (unpaired) electrons. The van der Waals surface area contributed by atoms with Gasteiger partial charge in [0.2, 0.25) is 0 Å².